The minimum absolute atomic E-state index is 0.0860. The molecule has 66 heavy (non-hydrogen) atoms. The Balaban J connectivity index is 0.978. The topological polar surface area (TPSA) is 242 Å². The smallest absolute Gasteiger partial charge is 0.303 e. The van der Waals surface area contributed by atoms with E-state index in [0.717, 1.165) is 37.7 Å². The number of fused-ring (bicyclic) bond motifs is 4. The zero-order chi connectivity index (χ0) is 47.8. The molecule has 0 unspecified atom stereocenters. The first-order valence-corrected chi connectivity index (χ1v) is 24.6. The van der Waals surface area contributed by atoms with Crippen molar-refractivity contribution in [3.63, 3.8) is 0 Å². The molecule has 5 saturated heterocycles. The highest BCUT2D eigenvalue weighted by molar-refractivity contribution is 5.66. The zero-order valence-electron chi connectivity index (χ0n) is 40.4. The van der Waals surface area contributed by atoms with Crippen LogP contribution in [0.25, 0.3) is 0 Å². The van der Waals surface area contributed by atoms with E-state index in [1.165, 1.54) is 6.92 Å². The summed E-state index contributed by atoms with van der Waals surface area (Å²) in [4.78, 5) is 12.4. The predicted molar refractivity (Wildman–Crippen MR) is 232 cm³/mol. The largest absolute Gasteiger partial charge is 0.454 e. The molecule has 0 aromatic carbocycles. The van der Waals surface area contributed by atoms with E-state index in [4.69, 9.17) is 42.6 Å². The molecule has 9 rings (SSSR count). The lowest BCUT2D eigenvalue weighted by Gasteiger charge is -2.70. The number of carbonyl (C=O) groups is 1. The molecule has 7 N–H and O–H groups in total. The molecule has 376 valence electrons. The lowest BCUT2D eigenvalue weighted by atomic mass is 9.35. The van der Waals surface area contributed by atoms with Gasteiger partial charge < -0.3 is 78.4 Å². The first-order chi connectivity index (χ1) is 30.8. The quantitative estimate of drug-likeness (QED) is 0.105. The highest BCUT2D eigenvalue weighted by atomic mass is 16.8. The Morgan fingerprint density at radius 3 is 2.08 bits per heavy atom. The van der Waals surface area contributed by atoms with Crippen LogP contribution < -0.4 is 0 Å². The molecule has 2 spiro atoms. The van der Waals surface area contributed by atoms with Crippen LogP contribution in [-0.4, -0.2) is 165 Å². The van der Waals surface area contributed by atoms with Crippen LogP contribution in [-0.2, 0) is 47.4 Å². The van der Waals surface area contributed by atoms with Gasteiger partial charge in [-0.05, 0) is 107 Å². The van der Waals surface area contributed by atoms with Crippen LogP contribution >= 0.6 is 0 Å². The lowest BCUT2D eigenvalue weighted by Crippen LogP contribution is -2.69. The van der Waals surface area contributed by atoms with Crippen LogP contribution in [0.2, 0.25) is 0 Å². The summed E-state index contributed by atoms with van der Waals surface area (Å²) >= 11 is 0. The Labute approximate surface area is 388 Å². The van der Waals surface area contributed by atoms with E-state index < -0.39 is 103 Å². The van der Waals surface area contributed by atoms with Crippen LogP contribution in [0.15, 0.2) is 11.6 Å². The van der Waals surface area contributed by atoms with Gasteiger partial charge in [0.05, 0.1) is 43.2 Å². The molecule has 5 aliphatic heterocycles. The van der Waals surface area contributed by atoms with Crippen LogP contribution in [0, 0.1) is 45.3 Å². The highest BCUT2D eigenvalue weighted by Gasteiger charge is 2.81. The normalized spacial score (nSPS) is 56.3. The van der Waals surface area contributed by atoms with E-state index in [1.54, 1.807) is 13.8 Å². The molecule has 25 atom stereocenters. The Kier molecular flexibility index (Phi) is 12.9. The fourth-order valence-corrected chi connectivity index (χ4v) is 16.1. The average molecular weight is 939 g/mol. The van der Waals surface area contributed by atoms with E-state index in [-0.39, 0.29) is 58.2 Å². The molecular weight excluding hydrogens is 861 g/mol. The number of hydrogen-bond donors (Lipinski definition) is 7. The van der Waals surface area contributed by atoms with Gasteiger partial charge in [-0.15, -0.1) is 0 Å². The molecule has 4 saturated carbocycles. The van der Waals surface area contributed by atoms with Gasteiger partial charge in [0, 0.05) is 31.1 Å². The number of rotatable bonds is 8. The monoisotopic (exact) mass is 939 g/mol. The number of aliphatic hydroxyl groups excluding tert-OH is 7. The summed E-state index contributed by atoms with van der Waals surface area (Å²) in [6.45, 7) is 20.5. The molecule has 5 heterocycles. The van der Waals surface area contributed by atoms with Gasteiger partial charge in [0.25, 0.3) is 0 Å². The zero-order valence-corrected chi connectivity index (χ0v) is 40.4. The van der Waals surface area contributed by atoms with Crippen LogP contribution in [0.3, 0.4) is 0 Å². The molecule has 0 aromatic heterocycles. The fourth-order valence-electron chi connectivity index (χ4n) is 16.1. The number of esters is 1. The summed E-state index contributed by atoms with van der Waals surface area (Å²) in [5, 5.41) is 75.5. The molecule has 0 aromatic rings. The van der Waals surface area contributed by atoms with Crippen molar-refractivity contribution < 1.29 is 83.2 Å². The van der Waals surface area contributed by atoms with Crippen molar-refractivity contribution in [2.24, 2.45) is 45.3 Å². The van der Waals surface area contributed by atoms with E-state index in [9.17, 15) is 40.5 Å². The fraction of sp³-hybridized carbons (Fsp3) is 0.939. The molecule has 4 aliphatic carbocycles. The number of aliphatic hydroxyl groups is 7. The molecule has 9 aliphatic rings. The molecule has 0 amide bonds. The summed E-state index contributed by atoms with van der Waals surface area (Å²) in [5.74, 6) is -1.02. The Bertz CT molecular complexity index is 1850. The Hall–Kier alpha value is -1.39. The van der Waals surface area contributed by atoms with E-state index in [0.29, 0.717) is 31.8 Å². The standard InChI is InChI=1S/C49H78O17/c1-22(2)17-26-18-47(10,66-43-39(62-25(5)50)36(56)33(53)24(4)61-43)40-27-11-12-30-45(8)15-14-31(44(6,7)29(45)13-16-46(30,9)48(27)20-49(40,65-26)59-21-48)63-42-38(34(54)28(51)19-58-42)64-41-37(57)35(55)32(52)23(3)60-41/h17,23-24,26-43,51-57H,11-16,18-21H2,1-10H3/t23-,24+,26-,27+,28-,29-,30+,31-,32-,33+,34-,35+,36-,37+,38+,39-,40-,41-,42-,43+,45-,46+,47-,48-,49-/m0/s1. The second kappa shape index (κ2) is 17.1. The minimum Gasteiger partial charge on any atom is -0.454 e. The van der Waals surface area contributed by atoms with Crippen LogP contribution in [0.1, 0.15) is 121 Å². The second-order valence-electron chi connectivity index (χ2n) is 23.5. The molecule has 2 bridgehead atoms. The molecule has 17 heteroatoms. The van der Waals surface area contributed by atoms with Gasteiger partial charge in [-0.3, -0.25) is 4.79 Å². The molecule has 17 nitrogen and oxygen atoms in total. The third-order valence-electron chi connectivity index (χ3n) is 19.0. The maximum atomic E-state index is 12.4. The van der Waals surface area contributed by atoms with Gasteiger partial charge in [0.2, 0.25) is 0 Å². The van der Waals surface area contributed by atoms with Gasteiger partial charge in [0.15, 0.2) is 30.8 Å². The van der Waals surface area contributed by atoms with E-state index in [1.807, 2.05) is 13.8 Å². The van der Waals surface area contributed by atoms with Gasteiger partial charge in [0.1, 0.15) is 48.8 Å². The molecular formula is C49H78O17. The summed E-state index contributed by atoms with van der Waals surface area (Å²) in [5.41, 5.74) is -0.643. The number of carbonyl (C=O) groups excluding carboxylic acids is 1. The van der Waals surface area contributed by atoms with Crippen LogP contribution in [0.5, 0.6) is 0 Å². The number of allylic oxidation sites excluding steroid dienone is 1. The van der Waals surface area contributed by atoms with Crippen molar-refractivity contribution in [2.75, 3.05) is 13.2 Å². The van der Waals surface area contributed by atoms with Gasteiger partial charge >= 0.3 is 5.97 Å². The maximum absolute atomic E-state index is 12.4. The summed E-state index contributed by atoms with van der Waals surface area (Å²) in [6.07, 6.45) is -9.66. The maximum Gasteiger partial charge on any atom is 0.303 e. The summed E-state index contributed by atoms with van der Waals surface area (Å²) < 4.78 is 58.0. The second-order valence-corrected chi connectivity index (χ2v) is 23.5. The Morgan fingerprint density at radius 1 is 0.712 bits per heavy atom. The van der Waals surface area contributed by atoms with Crippen molar-refractivity contribution in [3.05, 3.63) is 11.6 Å². The average Bonchev–Trinajstić information content (AvgIpc) is 3.76. The molecule has 0 radical (unpaired) electrons. The third kappa shape index (κ3) is 7.53. The Morgan fingerprint density at radius 2 is 1.39 bits per heavy atom. The van der Waals surface area contributed by atoms with Crippen molar-refractivity contribution in [1.29, 1.82) is 0 Å². The van der Waals surface area contributed by atoms with Gasteiger partial charge in [-0.1, -0.05) is 39.3 Å². The van der Waals surface area contributed by atoms with E-state index in [2.05, 4.69) is 40.7 Å². The third-order valence-corrected chi connectivity index (χ3v) is 19.0. The first-order valence-electron chi connectivity index (χ1n) is 24.6. The number of ether oxygens (including phenoxy) is 9. The molecule has 9 fully saturated rings. The van der Waals surface area contributed by atoms with Crippen molar-refractivity contribution in [1.82, 2.24) is 0 Å². The van der Waals surface area contributed by atoms with Crippen molar-refractivity contribution >= 4 is 5.97 Å². The lowest BCUT2D eigenvalue weighted by molar-refractivity contribution is -0.385. The minimum atomic E-state index is -1.62. The SMILES string of the molecule is CC(=O)O[C@@H]1[C@@H](O[C@@]2(C)C[C@H](C=C(C)C)O[C@]34C[C@]5(CO3)[C@H](CC[C@@H]3[C@@]6(C)CC[C@H](O[C@@H]7OC[C@H](O)[C@H](O)[C@H]7O[C@@H]7O[C@@H](C)[C@H](O)[C@@H](O)[C@H]7O)C(C)(C)[C@@H]6CC[C@]35C)[C@H]42)O[C@H](C)[C@@H](O)[C@@H]1O. The number of hydrogen-bond acceptors (Lipinski definition) is 17. The van der Waals surface area contributed by atoms with Gasteiger partial charge in [-0.2, -0.15) is 0 Å². The highest BCUT2D eigenvalue weighted by Crippen LogP contribution is 2.80. The first kappa shape index (κ1) is 49.6. The van der Waals surface area contributed by atoms with Gasteiger partial charge in [-0.25, -0.2) is 0 Å². The predicted octanol–water partition coefficient (Wildman–Crippen LogP) is 2.59. The van der Waals surface area contributed by atoms with Crippen molar-refractivity contribution in [3.8, 4) is 0 Å². The summed E-state index contributed by atoms with van der Waals surface area (Å²) in [6, 6.07) is 0. The van der Waals surface area contributed by atoms with Crippen LogP contribution in [0.4, 0.5) is 0 Å². The summed E-state index contributed by atoms with van der Waals surface area (Å²) in [7, 11) is 0. The van der Waals surface area contributed by atoms with E-state index >= 15 is 0 Å². The van der Waals surface area contributed by atoms with Crippen molar-refractivity contribution in [2.45, 2.75) is 230 Å².